The topological polar surface area (TPSA) is 65.7 Å². The molecule has 0 aliphatic heterocycles. The maximum absolute atomic E-state index is 11.9. The Morgan fingerprint density at radius 1 is 1.26 bits per heavy atom. The maximum atomic E-state index is 11.9. The lowest BCUT2D eigenvalue weighted by atomic mass is 10.2. The van der Waals surface area contributed by atoms with Gasteiger partial charge in [-0.3, -0.25) is 0 Å². The van der Waals surface area contributed by atoms with E-state index in [4.69, 9.17) is 9.47 Å². The number of aryl methyl sites for hydroxylation is 1. The van der Waals surface area contributed by atoms with Crippen molar-refractivity contribution in [3.05, 3.63) is 59.4 Å². The van der Waals surface area contributed by atoms with Gasteiger partial charge in [0.2, 0.25) is 5.88 Å². The van der Waals surface area contributed by atoms with Gasteiger partial charge in [0, 0.05) is 12.3 Å². The number of hydrogen-bond donors (Lipinski definition) is 0. The fourth-order valence-corrected chi connectivity index (χ4v) is 2.24. The van der Waals surface area contributed by atoms with Gasteiger partial charge in [-0.1, -0.05) is 30.3 Å². The highest BCUT2D eigenvalue weighted by Gasteiger charge is 2.15. The molecular weight excluding hydrogens is 294 g/mol. The molecule has 0 saturated carbocycles. The first kappa shape index (κ1) is 15.0. The van der Waals surface area contributed by atoms with Crippen molar-refractivity contribution < 1.29 is 14.3 Å². The molecule has 0 spiro atoms. The minimum Gasteiger partial charge on any atom is -0.472 e. The number of fused-ring (bicyclic) bond motifs is 1. The summed E-state index contributed by atoms with van der Waals surface area (Å²) in [6.45, 7) is 4.31. The summed E-state index contributed by atoms with van der Waals surface area (Å²) in [7, 11) is 0. The molecule has 0 saturated heterocycles. The van der Waals surface area contributed by atoms with Gasteiger partial charge in [0.05, 0.1) is 17.9 Å². The SMILES string of the molecule is CCOC(=O)c1cnc2cc(OCc3ccccc3)nn2c1C. The largest absolute Gasteiger partial charge is 0.472 e. The smallest absolute Gasteiger partial charge is 0.341 e. The summed E-state index contributed by atoms with van der Waals surface area (Å²) in [6.07, 6.45) is 1.51. The van der Waals surface area contributed by atoms with E-state index in [1.165, 1.54) is 6.20 Å². The van der Waals surface area contributed by atoms with Crippen LogP contribution in [0, 0.1) is 6.92 Å². The predicted octanol–water partition coefficient (Wildman–Crippen LogP) is 2.79. The Kier molecular flexibility index (Phi) is 4.23. The minimum atomic E-state index is -0.401. The second kappa shape index (κ2) is 6.48. The van der Waals surface area contributed by atoms with Crippen LogP contribution in [-0.2, 0) is 11.3 Å². The molecule has 0 unspecified atom stereocenters. The summed E-state index contributed by atoms with van der Waals surface area (Å²) in [5.74, 6) is 0.0621. The van der Waals surface area contributed by atoms with Gasteiger partial charge in [-0.15, -0.1) is 5.10 Å². The van der Waals surface area contributed by atoms with Crippen LogP contribution >= 0.6 is 0 Å². The normalized spacial score (nSPS) is 10.7. The van der Waals surface area contributed by atoms with Crippen LogP contribution in [0.3, 0.4) is 0 Å². The van der Waals surface area contributed by atoms with E-state index >= 15 is 0 Å². The van der Waals surface area contributed by atoms with Gasteiger partial charge in [0.25, 0.3) is 0 Å². The predicted molar refractivity (Wildman–Crippen MR) is 84.5 cm³/mol. The number of nitrogens with zero attached hydrogens (tertiary/aromatic N) is 3. The van der Waals surface area contributed by atoms with Crippen LogP contribution in [0.2, 0.25) is 0 Å². The van der Waals surface area contributed by atoms with Crippen LogP contribution in [0.25, 0.3) is 5.65 Å². The molecule has 6 nitrogen and oxygen atoms in total. The van der Waals surface area contributed by atoms with Gasteiger partial charge in [-0.05, 0) is 19.4 Å². The van der Waals surface area contributed by atoms with Gasteiger partial charge in [0.15, 0.2) is 5.65 Å². The lowest BCUT2D eigenvalue weighted by Crippen LogP contribution is -2.11. The third-order valence-electron chi connectivity index (χ3n) is 3.43. The van der Waals surface area contributed by atoms with E-state index in [9.17, 15) is 4.79 Å². The fourth-order valence-electron chi connectivity index (χ4n) is 2.24. The third kappa shape index (κ3) is 3.15. The van der Waals surface area contributed by atoms with Crippen molar-refractivity contribution in [3.8, 4) is 5.88 Å². The van der Waals surface area contributed by atoms with Crippen molar-refractivity contribution in [1.29, 1.82) is 0 Å². The molecule has 0 bridgehead atoms. The molecule has 0 atom stereocenters. The molecule has 118 valence electrons. The Bertz CT molecular complexity index is 828. The highest BCUT2D eigenvalue weighted by Crippen LogP contribution is 2.17. The standard InChI is InChI=1S/C17H17N3O3/c1-3-22-17(21)14-10-18-15-9-16(19-20(15)12(14)2)23-11-13-7-5-4-6-8-13/h4-10H,3,11H2,1-2H3. The molecule has 23 heavy (non-hydrogen) atoms. The lowest BCUT2D eigenvalue weighted by Gasteiger charge is -2.06. The zero-order chi connectivity index (χ0) is 16.2. The summed E-state index contributed by atoms with van der Waals surface area (Å²) < 4.78 is 12.3. The number of esters is 1. The molecule has 3 rings (SSSR count). The maximum Gasteiger partial charge on any atom is 0.341 e. The number of aromatic nitrogens is 3. The van der Waals surface area contributed by atoms with Crippen LogP contribution < -0.4 is 4.74 Å². The van der Waals surface area contributed by atoms with E-state index < -0.39 is 5.97 Å². The molecule has 6 heteroatoms. The van der Waals surface area contributed by atoms with Gasteiger partial charge < -0.3 is 9.47 Å². The van der Waals surface area contributed by atoms with Crippen molar-refractivity contribution in [2.24, 2.45) is 0 Å². The first-order chi connectivity index (χ1) is 11.2. The average molecular weight is 311 g/mol. The van der Waals surface area contributed by atoms with Crippen LogP contribution in [0.5, 0.6) is 5.88 Å². The number of carbonyl (C=O) groups excluding carboxylic acids is 1. The zero-order valence-corrected chi connectivity index (χ0v) is 13.0. The Morgan fingerprint density at radius 2 is 2.04 bits per heavy atom. The summed E-state index contributed by atoms with van der Waals surface area (Å²) >= 11 is 0. The van der Waals surface area contributed by atoms with E-state index in [-0.39, 0.29) is 0 Å². The van der Waals surface area contributed by atoms with Crippen molar-refractivity contribution in [2.45, 2.75) is 20.5 Å². The zero-order valence-electron chi connectivity index (χ0n) is 13.0. The molecule has 2 heterocycles. The molecule has 2 aromatic heterocycles. The van der Waals surface area contributed by atoms with E-state index in [1.807, 2.05) is 30.3 Å². The average Bonchev–Trinajstić information content (AvgIpc) is 2.98. The molecule has 0 amide bonds. The van der Waals surface area contributed by atoms with Crippen molar-refractivity contribution in [1.82, 2.24) is 14.6 Å². The number of hydrogen-bond acceptors (Lipinski definition) is 5. The minimum absolute atomic E-state index is 0.320. The summed E-state index contributed by atoms with van der Waals surface area (Å²) in [5, 5.41) is 4.35. The van der Waals surface area contributed by atoms with Crippen LogP contribution in [0.15, 0.2) is 42.6 Å². The van der Waals surface area contributed by atoms with Gasteiger partial charge in [-0.25, -0.2) is 14.3 Å². The molecule has 0 aliphatic carbocycles. The van der Waals surface area contributed by atoms with E-state index in [0.29, 0.717) is 36.0 Å². The van der Waals surface area contributed by atoms with Crippen molar-refractivity contribution in [3.63, 3.8) is 0 Å². The second-order valence-corrected chi connectivity index (χ2v) is 5.00. The summed E-state index contributed by atoms with van der Waals surface area (Å²) in [4.78, 5) is 16.1. The first-order valence-electron chi connectivity index (χ1n) is 7.38. The van der Waals surface area contributed by atoms with Crippen LogP contribution in [0.4, 0.5) is 0 Å². The lowest BCUT2D eigenvalue weighted by molar-refractivity contribution is 0.0524. The molecule has 3 aromatic rings. The second-order valence-electron chi connectivity index (χ2n) is 5.00. The van der Waals surface area contributed by atoms with Gasteiger partial charge >= 0.3 is 5.97 Å². The van der Waals surface area contributed by atoms with Crippen molar-refractivity contribution in [2.75, 3.05) is 6.61 Å². The Hall–Kier alpha value is -2.89. The molecule has 0 aliphatic rings. The van der Waals surface area contributed by atoms with Gasteiger partial charge in [0.1, 0.15) is 6.61 Å². The number of benzene rings is 1. The van der Waals surface area contributed by atoms with E-state index in [0.717, 1.165) is 5.56 Å². The number of carbonyl (C=O) groups is 1. The molecular formula is C17H17N3O3. The fraction of sp³-hybridized carbons (Fsp3) is 0.235. The van der Waals surface area contributed by atoms with Gasteiger partial charge in [-0.2, -0.15) is 0 Å². The Labute approximate surface area is 133 Å². The molecule has 0 radical (unpaired) electrons. The Morgan fingerprint density at radius 3 is 2.78 bits per heavy atom. The summed E-state index contributed by atoms with van der Waals surface area (Å²) in [5.41, 5.74) is 2.75. The summed E-state index contributed by atoms with van der Waals surface area (Å²) in [6, 6.07) is 11.6. The van der Waals surface area contributed by atoms with E-state index in [1.54, 1.807) is 24.4 Å². The quantitative estimate of drug-likeness (QED) is 0.678. The number of rotatable bonds is 5. The highest BCUT2D eigenvalue weighted by atomic mass is 16.5. The number of ether oxygens (including phenoxy) is 2. The molecule has 1 aromatic carbocycles. The molecule has 0 fully saturated rings. The Balaban J connectivity index is 1.84. The van der Waals surface area contributed by atoms with Crippen LogP contribution in [-0.4, -0.2) is 27.2 Å². The third-order valence-corrected chi connectivity index (χ3v) is 3.43. The molecule has 0 N–H and O–H groups in total. The first-order valence-corrected chi connectivity index (χ1v) is 7.38. The van der Waals surface area contributed by atoms with Crippen molar-refractivity contribution >= 4 is 11.6 Å². The van der Waals surface area contributed by atoms with Crippen LogP contribution in [0.1, 0.15) is 28.5 Å². The highest BCUT2D eigenvalue weighted by molar-refractivity contribution is 5.90. The van der Waals surface area contributed by atoms with E-state index in [2.05, 4.69) is 10.1 Å². The monoisotopic (exact) mass is 311 g/mol.